The van der Waals surface area contributed by atoms with E-state index in [9.17, 15) is 9.59 Å². The number of carbonyl (C=O) groups excluding carboxylic acids is 1. The Kier molecular flexibility index (Phi) is 3.28. The molecule has 0 unspecified atom stereocenters. The standard InChI is InChI=1S/C14H12O4/c1-9(15)3-4-10-7-11-5-6-14(16)18-13(11)8-12(10)17-2/h3-8H,1-2H3. The fourth-order valence-corrected chi connectivity index (χ4v) is 1.63. The van der Waals surface area contributed by atoms with Crippen molar-refractivity contribution in [2.24, 2.45) is 0 Å². The van der Waals surface area contributed by atoms with Gasteiger partial charge < -0.3 is 9.15 Å². The normalized spacial score (nSPS) is 11.0. The van der Waals surface area contributed by atoms with Crippen LogP contribution in [0.4, 0.5) is 0 Å². The fourth-order valence-electron chi connectivity index (χ4n) is 1.63. The molecule has 0 saturated heterocycles. The second kappa shape index (κ2) is 4.87. The first-order valence-corrected chi connectivity index (χ1v) is 5.40. The molecule has 1 heterocycles. The molecule has 0 aliphatic heterocycles. The van der Waals surface area contributed by atoms with Crippen molar-refractivity contribution in [3.05, 3.63) is 46.3 Å². The number of ether oxygens (including phenoxy) is 1. The second-order valence-corrected chi connectivity index (χ2v) is 3.83. The van der Waals surface area contributed by atoms with Crippen molar-refractivity contribution >= 4 is 22.8 Å². The Morgan fingerprint density at radius 1 is 1.33 bits per heavy atom. The first kappa shape index (κ1) is 12.1. The molecule has 0 spiro atoms. The van der Waals surface area contributed by atoms with Gasteiger partial charge in [0.2, 0.25) is 0 Å². The van der Waals surface area contributed by atoms with Gasteiger partial charge in [-0.2, -0.15) is 0 Å². The van der Waals surface area contributed by atoms with Crippen molar-refractivity contribution in [2.75, 3.05) is 7.11 Å². The summed E-state index contributed by atoms with van der Waals surface area (Å²) in [6, 6.07) is 6.46. The highest BCUT2D eigenvalue weighted by Crippen LogP contribution is 2.26. The van der Waals surface area contributed by atoms with Gasteiger partial charge in [0.05, 0.1) is 7.11 Å². The van der Waals surface area contributed by atoms with Crippen molar-refractivity contribution < 1.29 is 13.9 Å². The highest BCUT2D eigenvalue weighted by molar-refractivity contribution is 5.93. The molecule has 4 nitrogen and oxygen atoms in total. The zero-order valence-electron chi connectivity index (χ0n) is 10.1. The van der Waals surface area contributed by atoms with Crippen molar-refractivity contribution in [2.45, 2.75) is 6.92 Å². The molecule has 0 N–H and O–H groups in total. The maximum atomic E-state index is 11.1. The summed E-state index contributed by atoms with van der Waals surface area (Å²) in [6.07, 6.45) is 3.13. The quantitative estimate of drug-likeness (QED) is 0.614. The maximum Gasteiger partial charge on any atom is 0.336 e. The first-order valence-electron chi connectivity index (χ1n) is 5.40. The van der Waals surface area contributed by atoms with Crippen molar-refractivity contribution in [3.63, 3.8) is 0 Å². The van der Waals surface area contributed by atoms with E-state index < -0.39 is 5.63 Å². The third-order valence-electron chi connectivity index (χ3n) is 2.47. The molecule has 1 aromatic carbocycles. The van der Waals surface area contributed by atoms with Crippen molar-refractivity contribution in [1.82, 2.24) is 0 Å². The monoisotopic (exact) mass is 244 g/mol. The van der Waals surface area contributed by atoms with Gasteiger partial charge in [-0.15, -0.1) is 0 Å². The van der Waals surface area contributed by atoms with Crippen LogP contribution in [0, 0.1) is 0 Å². The molecule has 0 bridgehead atoms. The molecule has 1 aromatic heterocycles. The van der Waals surface area contributed by atoms with Gasteiger partial charge in [0.25, 0.3) is 0 Å². The molecule has 92 valence electrons. The molecule has 2 rings (SSSR count). The number of hydrogen-bond donors (Lipinski definition) is 0. The number of methoxy groups -OCH3 is 1. The van der Waals surface area contributed by atoms with Gasteiger partial charge >= 0.3 is 5.63 Å². The van der Waals surface area contributed by atoms with Gasteiger partial charge in [0.1, 0.15) is 11.3 Å². The number of hydrogen-bond acceptors (Lipinski definition) is 4. The van der Waals surface area contributed by atoms with Gasteiger partial charge in [0.15, 0.2) is 5.78 Å². The lowest BCUT2D eigenvalue weighted by molar-refractivity contribution is -0.112. The summed E-state index contributed by atoms with van der Waals surface area (Å²) >= 11 is 0. The van der Waals surface area contributed by atoms with E-state index in [2.05, 4.69) is 0 Å². The van der Waals surface area contributed by atoms with Crippen LogP contribution in [0.15, 0.2) is 39.6 Å². The summed E-state index contributed by atoms with van der Waals surface area (Å²) < 4.78 is 10.3. The molecular formula is C14H12O4. The van der Waals surface area contributed by atoms with Gasteiger partial charge in [-0.3, -0.25) is 4.79 Å². The van der Waals surface area contributed by atoms with Gasteiger partial charge in [0, 0.05) is 23.1 Å². The lowest BCUT2D eigenvalue weighted by atomic mass is 10.1. The van der Waals surface area contributed by atoms with Crippen molar-refractivity contribution in [3.8, 4) is 5.75 Å². The van der Waals surface area contributed by atoms with Crippen LogP contribution in [0.3, 0.4) is 0 Å². The van der Waals surface area contributed by atoms with Crippen LogP contribution < -0.4 is 10.4 Å². The molecule has 18 heavy (non-hydrogen) atoms. The van der Waals surface area contributed by atoms with Crippen LogP contribution in [-0.2, 0) is 4.79 Å². The summed E-state index contributed by atoms with van der Waals surface area (Å²) in [7, 11) is 1.52. The van der Waals surface area contributed by atoms with E-state index in [0.717, 1.165) is 10.9 Å². The maximum absolute atomic E-state index is 11.1. The smallest absolute Gasteiger partial charge is 0.336 e. The van der Waals surface area contributed by atoms with Gasteiger partial charge in [-0.1, -0.05) is 0 Å². The van der Waals surface area contributed by atoms with Crippen LogP contribution >= 0.6 is 0 Å². The number of rotatable bonds is 3. The zero-order chi connectivity index (χ0) is 13.1. The molecule has 0 amide bonds. The minimum absolute atomic E-state index is 0.0447. The predicted molar refractivity (Wildman–Crippen MR) is 68.8 cm³/mol. The molecule has 4 heteroatoms. The molecule has 2 aromatic rings. The third-order valence-corrected chi connectivity index (χ3v) is 2.47. The lowest BCUT2D eigenvalue weighted by Gasteiger charge is -2.06. The van der Waals surface area contributed by atoms with E-state index in [4.69, 9.17) is 9.15 Å². The molecule has 0 aliphatic carbocycles. The van der Waals surface area contributed by atoms with Gasteiger partial charge in [-0.25, -0.2) is 4.79 Å². The summed E-state index contributed by atoms with van der Waals surface area (Å²) in [4.78, 5) is 22.1. The minimum Gasteiger partial charge on any atom is -0.496 e. The number of benzene rings is 1. The Balaban J connectivity index is 2.62. The average Bonchev–Trinajstić information content (AvgIpc) is 2.35. The number of ketones is 1. The van der Waals surface area contributed by atoms with Crippen LogP contribution in [0.1, 0.15) is 12.5 Å². The molecule has 0 saturated carbocycles. The van der Waals surface area contributed by atoms with Crippen LogP contribution in [0.2, 0.25) is 0 Å². The largest absolute Gasteiger partial charge is 0.496 e. The molecule has 0 radical (unpaired) electrons. The Morgan fingerprint density at radius 3 is 2.78 bits per heavy atom. The number of fused-ring (bicyclic) bond motifs is 1. The molecule has 0 fully saturated rings. The van der Waals surface area contributed by atoms with Crippen LogP contribution in [0.5, 0.6) is 5.75 Å². The van der Waals surface area contributed by atoms with E-state index in [1.165, 1.54) is 26.2 Å². The molecule has 0 aliphatic rings. The summed E-state index contributed by atoms with van der Waals surface area (Å²) in [5.74, 6) is 0.506. The Bertz CT molecular complexity index is 680. The Morgan fingerprint density at radius 2 is 2.11 bits per heavy atom. The first-order chi connectivity index (χ1) is 8.60. The van der Waals surface area contributed by atoms with Crippen LogP contribution in [0.25, 0.3) is 17.0 Å². The SMILES string of the molecule is COc1cc2oc(=O)ccc2cc1C=CC(C)=O. The minimum atomic E-state index is -0.406. The number of allylic oxidation sites excluding steroid dienone is 1. The Hall–Kier alpha value is -2.36. The summed E-state index contributed by atoms with van der Waals surface area (Å²) in [5.41, 5.74) is 0.810. The lowest BCUT2D eigenvalue weighted by Crippen LogP contribution is -1.95. The third kappa shape index (κ3) is 2.48. The summed E-state index contributed by atoms with van der Waals surface area (Å²) in [6.45, 7) is 1.48. The average molecular weight is 244 g/mol. The van der Waals surface area contributed by atoms with E-state index >= 15 is 0 Å². The van der Waals surface area contributed by atoms with E-state index in [-0.39, 0.29) is 5.78 Å². The van der Waals surface area contributed by atoms with E-state index in [1.807, 2.05) is 0 Å². The second-order valence-electron chi connectivity index (χ2n) is 3.83. The molecular weight excluding hydrogens is 232 g/mol. The zero-order valence-corrected chi connectivity index (χ0v) is 10.1. The van der Waals surface area contributed by atoms with Gasteiger partial charge in [-0.05, 0) is 31.2 Å². The van der Waals surface area contributed by atoms with Crippen molar-refractivity contribution in [1.29, 1.82) is 0 Å². The van der Waals surface area contributed by atoms with E-state index in [0.29, 0.717) is 11.3 Å². The number of carbonyl (C=O) groups is 1. The van der Waals surface area contributed by atoms with Crippen LogP contribution in [-0.4, -0.2) is 12.9 Å². The van der Waals surface area contributed by atoms with E-state index in [1.54, 1.807) is 24.3 Å². The molecule has 0 atom stereocenters. The highest BCUT2D eigenvalue weighted by atomic mass is 16.5. The topological polar surface area (TPSA) is 56.5 Å². The summed E-state index contributed by atoms with van der Waals surface area (Å²) in [5, 5.41) is 0.776. The Labute approximate surface area is 103 Å². The predicted octanol–water partition coefficient (Wildman–Crippen LogP) is 2.40. The fraction of sp³-hybridized carbons (Fsp3) is 0.143. The highest BCUT2D eigenvalue weighted by Gasteiger charge is 2.05.